The topological polar surface area (TPSA) is 105 Å². The smallest absolute Gasteiger partial charge is 0.342 e. The zero-order valence-corrected chi connectivity index (χ0v) is 14.1. The summed E-state index contributed by atoms with van der Waals surface area (Å²) in [6.07, 6.45) is 0. The highest BCUT2D eigenvalue weighted by atomic mass is 32.1. The van der Waals surface area contributed by atoms with Crippen molar-refractivity contribution in [2.24, 2.45) is 0 Å². The minimum atomic E-state index is -0.711. The van der Waals surface area contributed by atoms with Gasteiger partial charge in [0.1, 0.15) is 10.6 Å². The summed E-state index contributed by atoms with van der Waals surface area (Å²) in [5, 5.41) is 13.0. The molecule has 0 unspecified atom stereocenters. The summed E-state index contributed by atoms with van der Waals surface area (Å²) >= 11 is 1.03. The first kappa shape index (κ1) is 18.9. The van der Waals surface area contributed by atoms with E-state index in [0.29, 0.717) is 0 Å². The van der Waals surface area contributed by atoms with E-state index in [0.717, 1.165) is 11.3 Å². The van der Waals surface area contributed by atoms with Gasteiger partial charge in [0.25, 0.3) is 0 Å². The van der Waals surface area contributed by atoms with E-state index in [9.17, 15) is 14.4 Å². The molecule has 128 valence electrons. The van der Waals surface area contributed by atoms with E-state index in [1.807, 2.05) is 0 Å². The average molecular weight is 344 g/mol. The number of carbonyl (C=O) groups is 3. The highest BCUT2D eigenvalue weighted by molar-refractivity contribution is 7.15. The van der Waals surface area contributed by atoms with Gasteiger partial charge in [-0.05, 0) is 13.8 Å². The zero-order chi connectivity index (χ0) is 17.4. The van der Waals surface area contributed by atoms with Crippen LogP contribution in [0, 0.1) is 0 Å². The van der Waals surface area contributed by atoms with Crippen molar-refractivity contribution in [1.29, 1.82) is 0 Å². The Morgan fingerprint density at radius 3 is 2.39 bits per heavy atom. The number of aliphatic hydroxyl groups is 1. The number of thiophene rings is 1. The molecule has 0 bridgehead atoms. The van der Waals surface area contributed by atoms with Crippen LogP contribution in [0.4, 0.5) is 9.80 Å². The molecule has 23 heavy (non-hydrogen) atoms. The number of urea groups is 1. The number of nitrogens with zero attached hydrogens (tertiary/aromatic N) is 1. The molecule has 0 aromatic carbocycles. The Kier molecular flexibility index (Phi) is 7.49. The van der Waals surface area contributed by atoms with E-state index < -0.39 is 18.0 Å². The molecule has 1 aromatic heterocycles. The molecule has 9 heteroatoms. The number of ether oxygens (including phenoxy) is 2. The normalized spacial score (nSPS) is 10.1. The van der Waals surface area contributed by atoms with Gasteiger partial charge in [-0.2, -0.15) is 0 Å². The third-order valence-electron chi connectivity index (χ3n) is 2.77. The lowest BCUT2D eigenvalue weighted by molar-refractivity contribution is 0.0481. The molecule has 1 aromatic rings. The Bertz CT molecular complexity index is 572. The minimum Gasteiger partial charge on any atom is -0.462 e. The van der Waals surface area contributed by atoms with Gasteiger partial charge < -0.3 is 19.5 Å². The summed E-state index contributed by atoms with van der Waals surface area (Å²) in [7, 11) is 1.50. The van der Waals surface area contributed by atoms with E-state index in [-0.39, 0.29) is 42.5 Å². The van der Waals surface area contributed by atoms with Gasteiger partial charge in [-0.15, -0.1) is 11.3 Å². The number of aliphatic hydroxyl groups excluding tert-OH is 1. The molecule has 0 aliphatic rings. The van der Waals surface area contributed by atoms with E-state index in [4.69, 9.17) is 14.6 Å². The van der Waals surface area contributed by atoms with Gasteiger partial charge in [-0.1, -0.05) is 0 Å². The molecule has 0 saturated heterocycles. The van der Waals surface area contributed by atoms with Gasteiger partial charge >= 0.3 is 18.0 Å². The lowest BCUT2D eigenvalue weighted by Gasteiger charge is -2.16. The maximum atomic E-state index is 12.1. The van der Waals surface area contributed by atoms with Gasteiger partial charge in [0.15, 0.2) is 0 Å². The summed E-state index contributed by atoms with van der Waals surface area (Å²) in [6.45, 7) is 3.54. The monoisotopic (exact) mass is 344 g/mol. The Balaban J connectivity index is 3.09. The first-order valence-electron chi connectivity index (χ1n) is 7.04. The fourth-order valence-electron chi connectivity index (χ4n) is 1.66. The van der Waals surface area contributed by atoms with Crippen LogP contribution in [-0.2, 0) is 9.47 Å². The van der Waals surface area contributed by atoms with E-state index in [1.54, 1.807) is 13.8 Å². The molecule has 1 rings (SSSR count). The molecular weight excluding hydrogens is 324 g/mol. The minimum absolute atomic E-state index is 0.0268. The van der Waals surface area contributed by atoms with Gasteiger partial charge in [0.2, 0.25) is 0 Å². The van der Waals surface area contributed by atoms with Crippen molar-refractivity contribution in [3.63, 3.8) is 0 Å². The number of likely N-dealkylation sites (N-methyl/N-ethyl adjacent to an activating group) is 1. The predicted octanol–water partition coefficient (Wildman–Crippen LogP) is 1.56. The lowest BCUT2D eigenvalue weighted by atomic mass is 10.2. The van der Waals surface area contributed by atoms with Crippen molar-refractivity contribution in [2.45, 2.75) is 13.8 Å². The van der Waals surface area contributed by atoms with Crippen LogP contribution >= 0.6 is 11.3 Å². The Morgan fingerprint density at radius 1 is 1.22 bits per heavy atom. The molecule has 0 aliphatic carbocycles. The van der Waals surface area contributed by atoms with E-state index in [1.165, 1.54) is 17.3 Å². The molecular formula is C14H20N2O6S. The molecule has 0 spiro atoms. The Labute approximate surface area is 138 Å². The Morgan fingerprint density at radius 2 is 1.83 bits per heavy atom. The molecule has 0 aliphatic heterocycles. The molecule has 0 saturated carbocycles. The van der Waals surface area contributed by atoms with Crippen molar-refractivity contribution in [3.8, 4) is 0 Å². The molecule has 0 radical (unpaired) electrons. The van der Waals surface area contributed by atoms with Crippen molar-refractivity contribution < 1.29 is 29.0 Å². The number of hydrogen-bond acceptors (Lipinski definition) is 7. The molecule has 2 N–H and O–H groups in total. The van der Waals surface area contributed by atoms with Crippen LogP contribution in [0.3, 0.4) is 0 Å². The van der Waals surface area contributed by atoms with Gasteiger partial charge in [0.05, 0.1) is 25.4 Å². The number of rotatable bonds is 7. The van der Waals surface area contributed by atoms with Crippen molar-refractivity contribution in [3.05, 3.63) is 16.5 Å². The summed E-state index contributed by atoms with van der Waals surface area (Å²) in [5.74, 6) is -1.37. The van der Waals surface area contributed by atoms with Crippen LogP contribution in [0.5, 0.6) is 0 Å². The van der Waals surface area contributed by atoms with Gasteiger partial charge in [0, 0.05) is 19.0 Å². The van der Waals surface area contributed by atoms with Gasteiger partial charge in [-0.3, -0.25) is 5.32 Å². The number of nitrogens with one attached hydrogen (secondary N) is 1. The van der Waals surface area contributed by atoms with E-state index in [2.05, 4.69) is 5.32 Å². The summed E-state index contributed by atoms with van der Waals surface area (Å²) in [5.41, 5.74) is 0.0245. The fourth-order valence-corrected chi connectivity index (χ4v) is 2.57. The number of amides is 2. The highest BCUT2D eigenvalue weighted by Crippen LogP contribution is 2.30. The SMILES string of the molecule is CCOC(=O)c1csc(NC(=O)N(C)CCO)c1C(=O)OCC. The van der Waals surface area contributed by atoms with Crippen molar-refractivity contribution >= 4 is 34.3 Å². The van der Waals surface area contributed by atoms with Crippen LogP contribution in [-0.4, -0.2) is 61.4 Å². The zero-order valence-electron chi connectivity index (χ0n) is 13.2. The Hall–Kier alpha value is -2.13. The first-order chi connectivity index (χ1) is 11.0. The number of hydrogen-bond donors (Lipinski definition) is 2. The van der Waals surface area contributed by atoms with E-state index >= 15 is 0 Å². The maximum absolute atomic E-state index is 12.1. The second-order valence-electron chi connectivity index (χ2n) is 4.37. The molecule has 0 fully saturated rings. The summed E-state index contributed by atoms with van der Waals surface area (Å²) in [4.78, 5) is 37.3. The average Bonchev–Trinajstić information content (AvgIpc) is 2.91. The molecule has 8 nitrogen and oxygen atoms in total. The molecule has 2 amide bonds. The van der Waals surface area contributed by atoms with Crippen molar-refractivity contribution in [1.82, 2.24) is 4.90 Å². The standard InChI is InChI=1S/C14H20N2O6S/c1-4-21-12(18)9-8-23-11(10(9)13(19)22-5-2)15-14(20)16(3)6-7-17/h8,17H,4-7H2,1-3H3,(H,15,20). The third kappa shape index (κ3) is 4.93. The summed E-state index contributed by atoms with van der Waals surface area (Å²) in [6, 6.07) is -0.512. The summed E-state index contributed by atoms with van der Waals surface area (Å²) < 4.78 is 9.85. The molecule has 1 heterocycles. The number of anilines is 1. The van der Waals surface area contributed by atoms with Crippen LogP contribution in [0.1, 0.15) is 34.6 Å². The third-order valence-corrected chi connectivity index (χ3v) is 3.66. The quantitative estimate of drug-likeness (QED) is 0.727. The second kappa shape index (κ2) is 9.11. The van der Waals surface area contributed by atoms with Crippen LogP contribution in [0.2, 0.25) is 0 Å². The first-order valence-corrected chi connectivity index (χ1v) is 7.92. The van der Waals surface area contributed by atoms with Crippen LogP contribution < -0.4 is 5.32 Å². The number of esters is 2. The van der Waals surface area contributed by atoms with Crippen LogP contribution in [0.25, 0.3) is 0 Å². The highest BCUT2D eigenvalue weighted by Gasteiger charge is 2.27. The van der Waals surface area contributed by atoms with Gasteiger partial charge in [-0.25, -0.2) is 14.4 Å². The maximum Gasteiger partial charge on any atom is 0.342 e. The second-order valence-corrected chi connectivity index (χ2v) is 5.25. The number of carbonyl (C=O) groups excluding carboxylic acids is 3. The van der Waals surface area contributed by atoms with Crippen LogP contribution in [0.15, 0.2) is 5.38 Å². The lowest BCUT2D eigenvalue weighted by Crippen LogP contribution is -2.33. The molecule has 0 atom stereocenters. The van der Waals surface area contributed by atoms with Crippen molar-refractivity contribution in [2.75, 3.05) is 38.7 Å². The largest absolute Gasteiger partial charge is 0.462 e. The fraction of sp³-hybridized carbons (Fsp3) is 0.500. The predicted molar refractivity (Wildman–Crippen MR) is 85.0 cm³/mol.